The lowest BCUT2D eigenvalue weighted by molar-refractivity contribution is 0.606. The molecule has 1 unspecified atom stereocenters. The van der Waals surface area contributed by atoms with Gasteiger partial charge < -0.3 is 0 Å². The Labute approximate surface area is 161 Å². The quantitative estimate of drug-likeness (QED) is 0.503. The number of hydrogen-bond acceptors (Lipinski definition) is 2. The summed E-state index contributed by atoms with van der Waals surface area (Å²) in [6.45, 7) is 0. The average Bonchev–Trinajstić information content (AvgIpc) is 3.08. The molecule has 1 aliphatic rings. The van der Waals surface area contributed by atoms with Crippen molar-refractivity contribution in [2.24, 2.45) is 5.10 Å². The molecule has 130 valence electrons. The molecule has 0 N–H and O–H groups in total. The van der Waals surface area contributed by atoms with Crippen molar-refractivity contribution in [3.63, 3.8) is 0 Å². The second-order valence-electron chi connectivity index (χ2n) is 6.09. The number of benzene rings is 3. The molecule has 1 aliphatic heterocycles. The van der Waals surface area contributed by atoms with Gasteiger partial charge in [-0.2, -0.15) is 5.10 Å². The van der Waals surface area contributed by atoms with E-state index >= 15 is 0 Å². The van der Waals surface area contributed by atoms with E-state index in [9.17, 15) is 4.39 Å². The molecule has 0 bridgehead atoms. The minimum atomic E-state index is -0.314. The van der Waals surface area contributed by atoms with E-state index in [-0.39, 0.29) is 11.9 Å². The first kappa shape index (κ1) is 17.1. The summed E-state index contributed by atoms with van der Waals surface area (Å²) in [4.78, 5) is 0. The number of halogens is 3. The molecule has 1 atom stereocenters. The standard InChI is InChI=1S/C21H15Cl2FN2/c22-15-11-9-14(10-12-15)19-13-21(16-5-1-2-6-17(16)23)26(25-19)20-8-4-3-7-18(20)24/h1-12,21H,13H2. The number of nitrogens with zero attached hydrogens (tertiary/aromatic N) is 2. The van der Waals surface area contributed by atoms with Crippen LogP contribution in [0.3, 0.4) is 0 Å². The normalized spacial score (nSPS) is 16.7. The highest BCUT2D eigenvalue weighted by Gasteiger charge is 2.32. The molecule has 4 rings (SSSR count). The maximum absolute atomic E-state index is 14.5. The van der Waals surface area contributed by atoms with Crippen LogP contribution in [0.5, 0.6) is 0 Å². The predicted molar refractivity (Wildman–Crippen MR) is 106 cm³/mol. The maximum Gasteiger partial charge on any atom is 0.148 e. The van der Waals surface area contributed by atoms with E-state index in [1.165, 1.54) is 6.07 Å². The minimum Gasteiger partial charge on any atom is -0.254 e. The van der Waals surface area contributed by atoms with Crippen molar-refractivity contribution >= 4 is 34.6 Å². The van der Waals surface area contributed by atoms with Gasteiger partial charge in [-0.05, 0) is 41.5 Å². The molecule has 0 saturated heterocycles. The summed E-state index contributed by atoms with van der Waals surface area (Å²) >= 11 is 12.4. The van der Waals surface area contributed by atoms with E-state index in [0.717, 1.165) is 16.8 Å². The number of anilines is 1. The van der Waals surface area contributed by atoms with Gasteiger partial charge in [0.15, 0.2) is 0 Å². The third-order valence-electron chi connectivity index (χ3n) is 4.45. The van der Waals surface area contributed by atoms with Gasteiger partial charge in [0.05, 0.1) is 17.4 Å². The van der Waals surface area contributed by atoms with Crippen LogP contribution in [0.1, 0.15) is 23.6 Å². The summed E-state index contributed by atoms with van der Waals surface area (Å²) in [5, 5.41) is 7.76. The first-order valence-electron chi connectivity index (χ1n) is 8.25. The fourth-order valence-electron chi connectivity index (χ4n) is 3.17. The molecule has 0 radical (unpaired) electrons. The van der Waals surface area contributed by atoms with Gasteiger partial charge in [0.1, 0.15) is 5.82 Å². The summed E-state index contributed by atoms with van der Waals surface area (Å²) in [5.74, 6) is -0.314. The van der Waals surface area contributed by atoms with Gasteiger partial charge in [0, 0.05) is 16.5 Å². The van der Waals surface area contributed by atoms with Crippen LogP contribution < -0.4 is 5.01 Å². The van der Waals surface area contributed by atoms with Crippen molar-refractivity contribution in [3.8, 4) is 0 Å². The van der Waals surface area contributed by atoms with E-state index in [4.69, 9.17) is 28.3 Å². The Morgan fingerprint density at radius 1 is 0.885 bits per heavy atom. The number of hydrogen-bond donors (Lipinski definition) is 0. The van der Waals surface area contributed by atoms with Crippen LogP contribution in [0.4, 0.5) is 10.1 Å². The highest BCUT2D eigenvalue weighted by molar-refractivity contribution is 6.31. The van der Waals surface area contributed by atoms with Crippen molar-refractivity contribution in [1.82, 2.24) is 0 Å². The van der Waals surface area contributed by atoms with Gasteiger partial charge in [-0.15, -0.1) is 0 Å². The topological polar surface area (TPSA) is 15.6 Å². The predicted octanol–water partition coefficient (Wildman–Crippen LogP) is 6.49. The van der Waals surface area contributed by atoms with Crippen LogP contribution in [0, 0.1) is 5.82 Å². The third kappa shape index (κ3) is 3.20. The second-order valence-corrected chi connectivity index (χ2v) is 6.93. The number of para-hydroxylation sites is 1. The summed E-state index contributed by atoms with van der Waals surface area (Å²) in [6, 6.07) is 21.6. The lowest BCUT2D eigenvalue weighted by Gasteiger charge is -2.25. The Hall–Kier alpha value is -2.36. The van der Waals surface area contributed by atoms with Gasteiger partial charge >= 0.3 is 0 Å². The first-order chi connectivity index (χ1) is 12.6. The lowest BCUT2D eigenvalue weighted by Crippen LogP contribution is -2.19. The zero-order chi connectivity index (χ0) is 18.1. The molecular weight excluding hydrogens is 370 g/mol. The van der Waals surface area contributed by atoms with Crippen LogP contribution in [-0.4, -0.2) is 5.71 Å². The highest BCUT2D eigenvalue weighted by atomic mass is 35.5. The van der Waals surface area contributed by atoms with Crippen molar-refractivity contribution in [3.05, 3.63) is 99.8 Å². The molecule has 0 spiro atoms. The Morgan fingerprint density at radius 2 is 1.58 bits per heavy atom. The fourth-order valence-corrected chi connectivity index (χ4v) is 3.56. The van der Waals surface area contributed by atoms with Crippen LogP contribution in [0.25, 0.3) is 0 Å². The second kappa shape index (κ2) is 7.10. The van der Waals surface area contributed by atoms with Crippen molar-refractivity contribution in [2.45, 2.75) is 12.5 Å². The Kier molecular flexibility index (Phi) is 4.66. The summed E-state index contributed by atoms with van der Waals surface area (Å²) < 4.78 is 14.5. The molecule has 0 saturated carbocycles. The largest absolute Gasteiger partial charge is 0.254 e. The Morgan fingerprint density at radius 3 is 2.31 bits per heavy atom. The van der Waals surface area contributed by atoms with E-state index < -0.39 is 0 Å². The van der Waals surface area contributed by atoms with E-state index in [0.29, 0.717) is 22.2 Å². The van der Waals surface area contributed by atoms with E-state index in [1.807, 2.05) is 48.5 Å². The number of hydrazone groups is 1. The first-order valence-corrected chi connectivity index (χ1v) is 9.00. The molecule has 0 aromatic heterocycles. The van der Waals surface area contributed by atoms with Crippen LogP contribution >= 0.6 is 23.2 Å². The van der Waals surface area contributed by atoms with E-state index in [2.05, 4.69) is 0 Å². The van der Waals surface area contributed by atoms with Crippen LogP contribution in [0.15, 0.2) is 77.9 Å². The third-order valence-corrected chi connectivity index (χ3v) is 5.05. The minimum absolute atomic E-state index is 0.175. The van der Waals surface area contributed by atoms with Crippen molar-refractivity contribution in [1.29, 1.82) is 0 Å². The van der Waals surface area contributed by atoms with E-state index in [1.54, 1.807) is 23.2 Å². The molecule has 1 heterocycles. The summed E-state index contributed by atoms with van der Waals surface area (Å²) in [5.41, 5.74) is 3.19. The highest BCUT2D eigenvalue weighted by Crippen LogP contribution is 2.40. The van der Waals surface area contributed by atoms with Crippen LogP contribution in [0.2, 0.25) is 10.0 Å². The molecular formula is C21H15Cl2FN2. The molecule has 3 aromatic rings. The maximum atomic E-state index is 14.5. The zero-order valence-corrected chi connectivity index (χ0v) is 15.3. The fraction of sp³-hybridized carbons (Fsp3) is 0.0952. The summed E-state index contributed by atoms with van der Waals surface area (Å²) in [7, 11) is 0. The summed E-state index contributed by atoms with van der Waals surface area (Å²) in [6.07, 6.45) is 0.625. The monoisotopic (exact) mass is 384 g/mol. The van der Waals surface area contributed by atoms with Crippen molar-refractivity contribution in [2.75, 3.05) is 5.01 Å². The SMILES string of the molecule is Fc1ccccc1N1N=C(c2ccc(Cl)cc2)CC1c1ccccc1Cl. The molecule has 0 amide bonds. The van der Waals surface area contributed by atoms with Gasteiger partial charge in [-0.25, -0.2) is 4.39 Å². The average molecular weight is 385 g/mol. The van der Waals surface area contributed by atoms with Gasteiger partial charge in [-0.1, -0.05) is 65.7 Å². The van der Waals surface area contributed by atoms with Crippen LogP contribution in [-0.2, 0) is 0 Å². The molecule has 2 nitrogen and oxygen atoms in total. The lowest BCUT2D eigenvalue weighted by atomic mass is 9.98. The zero-order valence-electron chi connectivity index (χ0n) is 13.7. The Balaban J connectivity index is 1.80. The van der Waals surface area contributed by atoms with Gasteiger partial charge in [0.2, 0.25) is 0 Å². The number of rotatable bonds is 3. The van der Waals surface area contributed by atoms with Gasteiger partial charge in [0.25, 0.3) is 0 Å². The van der Waals surface area contributed by atoms with Crippen molar-refractivity contribution < 1.29 is 4.39 Å². The molecule has 3 aromatic carbocycles. The molecule has 26 heavy (non-hydrogen) atoms. The molecule has 0 aliphatic carbocycles. The smallest absolute Gasteiger partial charge is 0.148 e. The Bertz CT molecular complexity index is 970. The van der Waals surface area contributed by atoms with Gasteiger partial charge in [-0.3, -0.25) is 5.01 Å². The molecule has 5 heteroatoms. The molecule has 0 fully saturated rings.